The van der Waals surface area contributed by atoms with Gasteiger partial charge in [0.15, 0.2) is 0 Å². The predicted molar refractivity (Wildman–Crippen MR) is 60.7 cm³/mol. The molecular formula is C11H11F3N2O3. The van der Waals surface area contributed by atoms with E-state index in [1.165, 1.54) is 12.1 Å². The van der Waals surface area contributed by atoms with Crippen molar-refractivity contribution in [3.05, 3.63) is 29.8 Å². The van der Waals surface area contributed by atoms with Gasteiger partial charge in [-0.3, -0.25) is 4.79 Å². The minimum Gasteiger partial charge on any atom is -0.481 e. The lowest BCUT2D eigenvalue weighted by Crippen LogP contribution is -2.31. The van der Waals surface area contributed by atoms with Crippen LogP contribution in [0.4, 0.5) is 23.7 Å². The molecule has 104 valence electrons. The highest BCUT2D eigenvalue weighted by molar-refractivity contribution is 5.90. The summed E-state index contributed by atoms with van der Waals surface area (Å²) in [6, 6.07) is 3.61. The number of hydrogen-bond acceptors (Lipinski definition) is 2. The number of urea groups is 1. The summed E-state index contributed by atoms with van der Waals surface area (Å²) in [7, 11) is 0. The van der Waals surface area contributed by atoms with Crippen LogP contribution in [0.15, 0.2) is 24.3 Å². The van der Waals surface area contributed by atoms with Gasteiger partial charge in [-0.05, 0) is 12.1 Å². The number of aliphatic carboxylic acids is 1. The average Bonchev–Trinajstić information content (AvgIpc) is 2.27. The first-order valence-corrected chi connectivity index (χ1v) is 5.23. The van der Waals surface area contributed by atoms with Crippen molar-refractivity contribution in [3.8, 4) is 0 Å². The number of alkyl halides is 3. The molecule has 19 heavy (non-hydrogen) atoms. The Kier molecular flexibility index (Phi) is 4.74. The average molecular weight is 276 g/mol. The number of carbonyl (C=O) groups excluding carboxylic acids is 1. The molecule has 0 saturated carbocycles. The maximum absolute atomic E-state index is 12.6. The molecule has 3 N–H and O–H groups in total. The second-order valence-corrected chi connectivity index (χ2v) is 3.57. The van der Waals surface area contributed by atoms with Gasteiger partial charge < -0.3 is 15.7 Å². The van der Waals surface area contributed by atoms with Gasteiger partial charge >= 0.3 is 18.2 Å². The molecule has 0 aliphatic rings. The van der Waals surface area contributed by atoms with Gasteiger partial charge in [-0.1, -0.05) is 12.1 Å². The molecule has 0 aromatic heterocycles. The van der Waals surface area contributed by atoms with Crippen LogP contribution in [-0.2, 0) is 11.0 Å². The molecule has 5 nitrogen and oxygen atoms in total. The van der Waals surface area contributed by atoms with Crippen LogP contribution in [0.1, 0.15) is 12.0 Å². The van der Waals surface area contributed by atoms with Gasteiger partial charge in [-0.15, -0.1) is 0 Å². The van der Waals surface area contributed by atoms with Crippen molar-refractivity contribution in [3.63, 3.8) is 0 Å². The minimum atomic E-state index is -4.58. The van der Waals surface area contributed by atoms with Gasteiger partial charge in [0.2, 0.25) is 0 Å². The molecule has 0 spiro atoms. The van der Waals surface area contributed by atoms with Crippen molar-refractivity contribution in [2.45, 2.75) is 12.6 Å². The topological polar surface area (TPSA) is 78.4 Å². The fourth-order valence-electron chi connectivity index (χ4n) is 1.29. The Labute approximate surface area is 106 Å². The van der Waals surface area contributed by atoms with Crippen LogP contribution in [0.25, 0.3) is 0 Å². The Bertz CT molecular complexity index is 474. The number of rotatable bonds is 4. The molecule has 0 radical (unpaired) electrons. The highest BCUT2D eigenvalue weighted by Gasteiger charge is 2.33. The van der Waals surface area contributed by atoms with E-state index < -0.39 is 23.7 Å². The Morgan fingerprint density at radius 2 is 1.84 bits per heavy atom. The Morgan fingerprint density at radius 1 is 1.21 bits per heavy atom. The van der Waals surface area contributed by atoms with E-state index in [2.05, 4.69) is 5.32 Å². The first-order valence-electron chi connectivity index (χ1n) is 5.23. The standard InChI is InChI=1S/C11H11F3N2O3/c12-11(13,14)7-3-1-2-4-8(7)16-10(19)15-6-5-9(17)18/h1-4H,5-6H2,(H,17,18)(H2,15,16,19). The third-order valence-electron chi connectivity index (χ3n) is 2.11. The summed E-state index contributed by atoms with van der Waals surface area (Å²) in [6.45, 7) is -0.171. The van der Waals surface area contributed by atoms with Crippen LogP contribution >= 0.6 is 0 Å². The monoisotopic (exact) mass is 276 g/mol. The maximum atomic E-state index is 12.6. The van der Waals surface area contributed by atoms with Crippen LogP contribution in [0.2, 0.25) is 0 Å². The van der Waals surface area contributed by atoms with E-state index in [9.17, 15) is 22.8 Å². The lowest BCUT2D eigenvalue weighted by molar-refractivity contribution is -0.137. The fourth-order valence-corrected chi connectivity index (χ4v) is 1.29. The zero-order valence-corrected chi connectivity index (χ0v) is 9.62. The SMILES string of the molecule is O=C(O)CCNC(=O)Nc1ccccc1C(F)(F)F. The number of amides is 2. The first kappa shape index (κ1) is 14.8. The summed E-state index contributed by atoms with van der Waals surface area (Å²) < 4.78 is 37.8. The molecule has 0 saturated heterocycles. The van der Waals surface area contributed by atoms with Crippen LogP contribution in [0.5, 0.6) is 0 Å². The summed E-state index contributed by atoms with van der Waals surface area (Å²) in [5.74, 6) is -1.11. The molecular weight excluding hydrogens is 265 g/mol. The number of para-hydroxylation sites is 1. The van der Waals surface area contributed by atoms with Crippen molar-refractivity contribution in [1.29, 1.82) is 0 Å². The molecule has 1 rings (SSSR count). The summed E-state index contributed by atoms with van der Waals surface area (Å²) in [5.41, 5.74) is -1.36. The molecule has 0 unspecified atom stereocenters. The third kappa shape index (κ3) is 4.86. The van der Waals surface area contributed by atoms with E-state index >= 15 is 0 Å². The van der Waals surface area contributed by atoms with E-state index in [0.29, 0.717) is 0 Å². The van der Waals surface area contributed by atoms with Crippen LogP contribution in [0, 0.1) is 0 Å². The number of nitrogens with one attached hydrogen (secondary N) is 2. The van der Waals surface area contributed by atoms with Gasteiger partial charge in [0, 0.05) is 6.54 Å². The predicted octanol–water partition coefficient (Wildman–Crippen LogP) is 2.30. The highest BCUT2D eigenvalue weighted by atomic mass is 19.4. The molecule has 0 heterocycles. The van der Waals surface area contributed by atoms with E-state index in [1.54, 1.807) is 0 Å². The number of carbonyl (C=O) groups is 2. The molecule has 0 fully saturated rings. The third-order valence-corrected chi connectivity index (χ3v) is 2.11. The van der Waals surface area contributed by atoms with Gasteiger partial charge in [0.05, 0.1) is 17.7 Å². The first-order chi connectivity index (χ1) is 8.80. The maximum Gasteiger partial charge on any atom is 0.418 e. The van der Waals surface area contributed by atoms with Gasteiger partial charge in [-0.2, -0.15) is 13.2 Å². The number of hydrogen-bond donors (Lipinski definition) is 3. The van der Waals surface area contributed by atoms with Crippen LogP contribution in [0.3, 0.4) is 0 Å². The van der Waals surface area contributed by atoms with E-state index in [1.807, 2.05) is 5.32 Å². The van der Waals surface area contributed by atoms with Crippen molar-refractivity contribution in [1.82, 2.24) is 5.32 Å². The summed E-state index contributed by atoms with van der Waals surface area (Å²) in [5, 5.41) is 12.5. The Hall–Kier alpha value is -2.25. The number of carboxylic acid groups (broad SMARTS) is 1. The number of carboxylic acids is 1. The van der Waals surface area contributed by atoms with Gasteiger partial charge in [0.25, 0.3) is 0 Å². The molecule has 0 atom stereocenters. The lowest BCUT2D eigenvalue weighted by atomic mass is 10.1. The van der Waals surface area contributed by atoms with Gasteiger partial charge in [0.1, 0.15) is 0 Å². The van der Waals surface area contributed by atoms with Gasteiger partial charge in [-0.25, -0.2) is 4.79 Å². The van der Waals surface area contributed by atoms with Crippen molar-refractivity contribution < 1.29 is 27.9 Å². The zero-order chi connectivity index (χ0) is 14.5. The summed E-state index contributed by atoms with van der Waals surface area (Å²) in [6.07, 6.45) is -4.89. The quantitative estimate of drug-likeness (QED) is 0.789. The molecule has 0 aliphatic heterocycles. The second-order valence-electron chi connectivity index (χ2n) is 3.57. The normalized spacial score (nSPS) is 10.9. The second kappa shape index (κ2) is 6.07. The Balaban J connectivity index is 2.67. The van der Waals surface area contributed by atoms with Crippen molar-refractivity contribution >= 4 is 17.7 Å². The smallest absolute Gasteiger partial charge is 0.418 e. The molecule has 1 aromatic rings. The molecule has 0 aliphatic carbocycles. The number of anilines is 1. The zero-order valence-electron chi connectivity index (χ0n) is 9.62. The van der Waals surface area contributed by atoms with Crippen LogP contribution < -0.4 is 10.6 Å². The fraction of sp³-hybridized carbons (Fsp3) is 0.273. The number of halogens is 3. The van der Waals surface area contributed by atoms with E-state index in [-0.39, 0.29) is 18.7 Å². The lowest BCUT2D eigenvalue weighted by Gasteiger charge is -2.13. The highest BCUT2D eigenvalue weighted by Crippen LogP contribution is 2.34. The molecule has 1 aromatic carbocycles. The van der Waals surface area contributed by atoms with Crippen molar-refractivity contribution in [2.75, 3.05) is 11.9 Å². The minimum absolute atomic E-state index is 0.171. The molecule has 8 heteroatoms. The number of benzene rings is 1. The molecule has 2 amide bonds. The Morgan fingerprint density at radius 3 is 2.42 bits per heavy atom. The van der Waals surface area contributed by atoms with Crippen molar-refractivity contribution in [2.24, 2.45) is 0 Å². The van der Waals surface area contributed by atoms with E-state index in [4.69, 9.17) is 5.11 Å². The molecule has 0 bridgehead atoms. The van der Waals surface area contributed by atoms with Crippen LogP contribution in [-0.4, -0.2) is 23.7 Å². The largest absolute Gasteiger partial charge is 0.481 e. The summed E-state index contributed by atoms with van der Waals surface area (Å²) in [4.78, 5) is 21.5. The summed E-state index contributed by atoms with van der Waals surface area (Å²) >= 11 is 0. The van der Waals surface area contributed by atoms with E-state index in [0.717, 1.165) is 12.1 Å².